The second-order valence-electron chi connectivity index (χ2n) is 9.03. The SMILES string of the molecule is O=C(NCCN1CCCOC1)c1nc[nH]c1C(=O)N[C@H]1CC[C@H](C(=O)Nc2ccc(F)cc2Cl)CC1. The van der Waals surface area contributed by atoms with Crippen molar-refractivity contribution in [2.45, 2.75) is 38.1 Å². The van der Waals surface area contributed by atoms with Crippen LogP contribution >= 0.6 is 11.6 Å². The van der Waals surface area contributed by atoms with Crippen molar-refractivity contribution in [2.75, 3.05) is 38.3 Å². The lowest BCUT2D eigenvalue weighted by molar-refractivity contribution is -0.120. The van der Waals surface area contributed by atoms with Crippen molar-refractivity contribution in [2.24, 2.45) is 5.92 Å². The van der Waals surface area contributed by atoms with Crippen LogP contribution in [-0.4, -0.2) is 71.6 Å². The molecule has 0 spiro atoms. The zero-order valence-electron chi connectivity index (χ0n) is 19.8. The molecule has 2 heterocycles. The summed E-state index contributed by atoms with van der Waals surface area (Å²) in [7, 11) is 0. The van der Waals surface area contributed by atoms with E-state index in [9.17, 15) is 18.8 Å². The highest BCUT2D eigenvalue weighted by Crippen LogP contribution is 2.28. The van der Waals surface area contributed by atoms with Crippen LogP contribution in [0.4, 0.5) is 10.1 Å². The Balaban J connectivity index is 1.23. The zero-order chi connectivity index (χ0) is 25.5. The van der Waals surface area contributed by atoms with Gasteiger partial charge in [0.05, 0.1) is 23.8 Å². The number of hydrogen-bond acceptors (Lipinski definition) is 6. The van der Waals surface area contributed by atoms with Crippen LogP contribution in [0.1, 0.15) is 53.1 Å². The molecule has 2 aliphatic rings. The van der Waals surface area contributed by atoms with Gasteiger partial charge < -0.3 is 25.7 Å². The number of carbonyl (C=O) groups excluding carboxylic acids is 3. The molecule has 3 amide bonds. The van der Waals surface area contributed by atoms with E-state index < -0.39 is 17.6 Å². The number of carbonyl (C=O) groups is 3. The summed E-state index contributed by atoms with van der Waals surface area (Å²) >= 11 is 5.99. The standard InChI is InChI=1S/C24H30ClFN6O4/c25-18-12-16(26)4-7-19(18)31-22(33)15-2-5-17(6-3-15)30-24(35)21-20(28-13-29-21)23(34)27-8-10-32-9-1-11-36-14-32/h4,7,12-13,15,17H,1-3,5-6,8-11,14H2,(H,27,34)(H,28,29)(H,30,35)(H,31,33)/t15-,17-. The number of ether oxygens (including phenoxy) is 1. The number of imidazole rings is 1. The third-order valence-electron chi connectivity index (χ3n) is 6.45. The molecule has 4 N–H and O–H groups in total. The topological polar surface area (TPSA) is 128 Å². The number of aromatic amines is 1. The number of nitrogens with zero attached hydrogens (tertiary/aromatic N) is 2. The molecule has 0 bridgehead atoms. The van der Waals surface area contributed by atoms with E-state index in [1.165, 1.54) is 18.5 Å². The van der Waals surface area contributed by atoms with E-state index in [1.54, 1.807) is 0 Å². The first-order valence-corrected chi connectivity index (χ1v) is 12.5. The number of aromatic nitrogens is 2. The summed E-state index contributed by atoms with van der Waals surface area (Å²) in [5, 5.41) is 8.64. The van der Waals surface area contributed by atoms with Crippen LogP contribution in [0.25, 0.3) is 0 Å². The first kappa shape index (κ1) is 26.1. The highest BCUT2D eigenvalue weighted by molar-refractivity contribution is 6.33. The second kappa shape index (κ2) is 12.3. The smallest absolute Gasteiger partial charge is 0.272 e. The molecule has 36 heavy (non-hydrogen) atoms. The minimum atomic E-state index is -0.472. The van der Waals surface area contributed by atoms with Gasteiger partial charge in [-0.1, -0.05) is 11.6 Å². The maximum atomic E-state index is 13.2. The fourth-order valence-corrected chi connectivity index (χ4v) is 4.67. The van der Waals surface area contributed by atoms with Gasteiger partial charge in [0.15, 0.2) is 5.69 Å². The number of nitrogens with one attached hydrogen (secondary N) is 4. The average molecular weight is 521 g/mol. The van der Waals surface area contributed by atoms with Crippen molar-refractivity contribution < 1.29 is 23.5 Å². The van der Waals surface area contributed by atoms with Gasteiger partial charge in [-0.2, -0.15) is 0 Å². The number of amides is 3. The largest absolute Gasteiger partial charge is 0.366 e. The molecule has 194 valence electrons. The fraction of sp³-hybridized carbons (Fsp3) is 0.500. The molecule has 1 aliphatic carbocycles. The van der Waals surface area contributed by atoms with Gasteiger partial charge in [0.2, 0.25) is 5.91 Å². The minimum Gasteiger partial charge on any atom is -0.366 e. The zero-order valence-corrected chi connectivity index (χ0v) is 20.6. The van der Waals surface area contributed by atoms with Gasteiger partial charge in [-0.25, -0.2) is 9.37 Å². The number of hydrogen-bond donors (Lipinski definition) is 4. The molecule has 1 aromatic heterocycles. The Hall–Kier alpha value is -3.02. The second-order valence-corrected chi connectivity index (χ2v) is 9.43. The summed E-state index contributed by atoms with van der Waals surface area (Å²) in [6, 6.07) is 3.69. The van der Waals surface area contributed by atoms with Crippen molar-refractivity contribution in [3.8, 4) is 0 Å². The van der Waals surface area contributed by atoms with Crippen LogP contribution in [0.3, 0.4) is 0 Å². The van der Waals surface area contributed by atoms with Gasteiger partial charge in [0, 0.05) is 38.2 Å². The minimum absolute atomic E-state index is 0.0478. The first-order chi connectivity index (χ1) is 17.4. The third-order valence-corrected chi connectivity index (χ3v) is 6.77. The predicted molar refractivity (Wildman–Crippen MR) is 131 cm³/mol. The lowest BCUT2D eigenvalue weighted by Gasteiger charge is -2.28. The summed E-state index contributed by atoms with van der Waals surface area (Å²) in [5.41, 5.74) is 0.527. The maximum absolute atomic E-state index is 13.2. The number of H-pyrrole nitrogens is 1. The van der Waals surface area contributed by atoms with E-state index in [1.807, 2.05) is 0 Å². The lowest BCUT2D eigenvalue weighted by Crippen LogP contribution is -2.41. The Kier molecular flexibility index (Phi) is 8.89. The summed E-state index contributed by atoms with van der Waals surface area (Å²) in [6.07, 6.45) is 4.65. The molecule has 10 nitrogen and oxygen atoms in total. The van der Waals surface area contributed by atoms with Gasteiger partial charge in [-0.05, 0) is 50.3 Å². The Bertz CT molecular complexity index is 1080. The van der Waals surface area contributed by atoms with E-state index >= 15 is 0 Å². The van der Waals surface area contributed by atoms with Crippen LogP contribution in [0.15, 0.2) is 24.5 Å². The molecule has 2 aromatic rings. The van der Waals surface area contributed by atoms with Gasteiger partial charge in [-0.3, -0.25) is 19.3 Å². The van der Waals surface area contributed by atoms with Crippen molar-refractivity contribution in [1.29, 1.82) is 0 Å². The maximum Gasteiger partial charge on any atom is 0.272 e. The molecule has 1 saturated heterocycles. The highest BCUT2D eigenvalue weighted by Gasteiger charge is 2.29. The van der Waals surface area contributed by atoms with E-state index in [-0.39, 0.29) is 34.3 Å². The van der Waals surface area contributed by atoms with Gasteiger partial charge >= 0.3 is 0 Å². The summed E-state index contributed by atoms with van der Waals surface area (Å²) in [5.74, 6) is -1.72. The Morgan fingerprint density at radius 2 is 2.00 bits per heavy atom. The Morgan fingerprint density at radius 1 is 1.19 bits per heavy atom. The van der Waals surface area contributed by atoms with Crippen molar-refractivity contribution in [3.63, 3.8) is 0 Å². The number of anilines is 1. The summed E-state index contributed by atoms with van der Waals surface area (Å²) in [4.78, 5) is 46.9. The summed E-state index contributed by atoms with van der Waals surface area (Å²) in [6.45, 7) is 3.31. The molecule has 1 saturated carbocycles. The van der Waals surface area contributed by atoms with Crippen LogP contribution in [0.2, 0.25) is 5.02 Å². The Morgan fingerprint density at radius 3 is 2.72 bits per heavy atom. The number of benzene rings is 1. The van der Waals surface area contributed by atoms with Gasteiger partial charge in [0.25, 0.3) is 11.8 Å². The van der Waals surface area contributed by atoms with Gasteiger partial charge in [-0.15, -0.1) is 0 Å². The molecule has 0 radical (unpaired) electrons. The predicted octanol–water partition coefficient (Wildman–Crippen LogP) is 2.54. The molecular formula is C24H30ClFN6O4. The molecule has 4 rings (SSSR count). The third kappa shape index (κ3) is 6.80. The molecule has 2 fully saturated rings. The van der Waals surface area contributed by atoms with Crippen LogP contribution in [0.5, 0.6) is 0 Å². The quantitative estimate of drug-likeness (QED) is 0.423. The van der Waals surface area contributed by atoms with E-state index in [0.29, 0.717) is 51.2 Å². The van der Waals surface area contributed by atoms with Gasteiger partial charge in [0.1, 0.15) is 11.5 Å². The molecule has 1 aromatic carbocycles. The number of rotatable bonds is 8. The first-order valence-electron chi connectivity index (χ1n) is 12.1. The Labute approximate surface area is 213 Å². The highest BCUT2D eigenvalue weighted by atomic mass is 35.5. The van der Waals surface area contributed by atoms with Crippen molar-refractivity contribution in [1.82, 2.24) is 25.5 Å². The average Bonchev–Trinajstić information content (AvgIpc) is 3.37. The van der Waals surface area contributed by atoms with Crippen LogP contribution in [-0.2, 0) is 9.53 Å². The molecule has 12 heteroatoms. The van der Waals surface area contributed by atoms with E-state index in [4.69, 9.17) is 16.3 Å². The van der Waals surface area contributed by atoms with E-state index in [0.717, 1.165) is 25.6 Å². The number of halogens is 2. The lowest BCUT2D eigenvalue weighted by atomic mass is 9.85. The molecule has 0 atom stereocenters. The molecular weight excluding hydrogens is 491 g/mol. The van der Waals surface area contributed by atoms with Crippen LogP contribution < -0.4 is 16.0 Å². The monoisotopic (exact) mass is 520 g/mol. The van der Waals surface area contributed by atoms with Crippen molar-refractivity contribution >= 4 is 35.0 Å². The molecule has 1 aliphatic heterocycles. The van der Waals surface area contributed by atoms with Crippen LogP contribution in [0, 0.1) is 11.7 Å². The van der Waals surface area contributed by atoms with E-state index in [2.05, 4.69) is 30.8 Å². The normalized spacial score (nSPS) is 20.5. The fourth-order valence-electron chi connectivity index (χ4n) is 4.46. The summed E-state index contributed by atoms with van der Waals surface area (Å²) < 4.78 is 18.6. The van der Waals surface area contributed by atoms with Crippen molar-refractivity contribution in [3.05, 3.63) is 46.8 Å². The molecule has 0 unspecified atom stereocenters.